The van der Waals surface area contributed by atoms with Gasteiger partial charge in [-0.1, -0.05) is 18.2 Å². The number of nitrogens with one attached hydrogen (secondary N) is 3. The van der Waals surface area contributed by atoms with Crippen molar-refractivity contribution in [2.24, 2.45) is 0 Å². The zero-order valence-electron chi connectivity index (χ0n) is 13.3. The van der Waals surface area contributed by atoms with E-state index in [0.717, 1.165) is 16.8 Å². The van der Waals surface area contributed by atoms with Crippen molar-refractivity contribution in [3.63, 3.8) is 0 Å². The molecule has 6 nitrogen and oxygen atoms in total. The normalized spacial score (nSPS) is 10.4. The number of carbonyl (C=O) groups excluding carboxylic acids is 1. The number of hydrogen-bond donors (Lipinski definition) is 3. The van der Waals surface area contributed by atoms with Gasteiger partial charge in [-0.25, -0.2) is 4.79 Å². The number of urea groups is 1. The number of anilines is 3. The van der Waals surface area contributed by atoms with Gasteiger partial charge in [0.25, 0.3) is 0 Å². The van der Waals surface area contributed by atoms with E-state index in [2.05, 4.69) is 26.1 Å². The minimum atomic E-state index is -0.292. The Bertz CT molecular complexity index is 632. The number of benzene rings is 1. The predicted octanol–water partition coefficient (Wildman–Crippen LogP) is 3.37. The van der Waals surface area contributed by atoms with Crippen LogP contribution in [0.3, 0.4) is 0 Å². The zero-order chi connectivity index (χ0) is 16.1. The molecule has 2 amide bonds. The molecule has 116 valence electrons. The highest BCUT2D eigenvalue weighted by Crippen LogP contribution is 2.23. The summed E-state index contributed by atoms with van der Waals surface area (Å²) >= 11 is 0. The average Bonchev–Trinajstić information content (AvgIpc) is 2.44. The molecule has 0 atom stereocenters. The van der Waals surface area contributed by atoms with Gasteiger partial charge < -0.3 is 10.6 Å². The molecule has 6 heteroatoms. The van der Waals surface area contributed by atoms with Gasteiger partial charge in [0.1, 0.15) is 0 Å². The van der Waals surface area contributed by atoms with Crippen molar-refractivity contribution < 1.29 is 4.79 Å². The van der Waals surface area contributed by atoms with Crippen LogP contribution in [0.1, 0.15) is 25.0 Å². The van der Waals surface area contributed by atoms with E-state index in [0.29, 0.717) is 11.6 Å². The monoisotopic (exact) mass is 299 g/mol. The molecule has 2 aromatic rings. The molecular weight excluding hydrogens is 278 g/mol. The Morgan fingerprint density at radius 1 is 1.00 bits per heavy atom. The number of para-hydroxylation sites is 1. The maximum atomic E-state index is 11.6. The van der Waals surface area contributed by atoms with Crippen LogP contribution in [-0.2, 0) is 0 Å². The highest BCUT2D eigenvalue weighted by molar-refractivity contribution is 5.88. The molecule has 0 aliphatic carbocycles. The van der Waals surface area contributed by atoms with E-state index in [1.165, 1.54) is 0 Å². The van der Waals surface area contributed by atoms with Crippen molar-refractivity contribution in [3.05, 3.63) is 41.5 Å². The lowest BCUT2D eigenvalue weighted by Crippen LogP contribution is -2.34. The molecule has 2 rings (SSSR count). The molecule has 0 bridgehead atoms. The summed E-state index contributed by atoms with van der Waals surface area (Å²) in [5, 5.41) is 16.7. The topological polar surface area (TPSA) is 78.9 Å². The van der Waals surface area contributed by atoms with Gasteiger partial charge in [0.2, 0.25) is 0 Å². The molecule has 1 heterocycles. The van der Waals surface area contributed by atoms with E-state index < -0.39 is 0 Å². The zero-order valence-corrected chi connectivity index (χ0v) is 13.3. The molecule has 3 N–H and O–H groups in total. The van der Waals surface area contributed by atoms with Crippen molar-refractivity contribution in [2.75, 3.05) is 10.6 Å². The highest BCUT2D eigenvalue weighted by atomic mass is 16.2. The summed E-state index contributed by atoms with van der Waals surface area (Å²) in [5.41, 5.74) is 3.30. The van der Waals surface area contributed by atoms with Crippen LogP contribution >= 0.6 is 0 Å². The summed E-state index contributed by atoms with van der Waals surface area (Å²) in [6.07, 6.45) is 0. The minimum absolute atomic E-state index is 0.0675. The molecule has 22 heavy (non-hydrogen) atoms. The van der Waals surface area contributed by atoms with Gasteiger partial charge in [-0.2, -0.15) is 0 Å². The Labute approximate surface area is 130 Å². The second-order valence-corrected chi connectivity index (χ2v) is 5.45. The summed E-state index contributed by atoms with van der Waals surface area (Å²) in [6, 6.07) is 9.36. The van der Waals surface area contributed by atoms with Gasteiger partial charge >= 0.3 is 6.03 Å². The first-order valence-electron chi connectivity index (χ1n) is 7.20. The van der Waals surface area contributed by atoms with Crippen LogP contribution in [0.25, 0.3) is 0 Å². The summed E-state index contributed by atoms with van der Waals surface area (Å²) < 4.78 is 0. The maximum Gasteiger partial charge on any atom is 0.320 e. The van der Waals surface area contributed by atoms with E-state index >= 15 is 0 Å². The average molecular weight is 299 g/mol. The second-order valence-electron chi connectivity index (χ2n) is 5.45. The Morgan fingerprint density at radius 2 is 1.59 bits per heavy atom. The number of aryl methyl sites for hydroxylation is 2. The summed E-state index contributed by atoms with van der Waals surface area (Å²) in [5.74, 6) is 1.04. The summed E-state index contributed by atoms with van der Waals surface area (Å²) in [6.45, 7) is 7.86. The smallest absolute Gasteiger partial charge is 0.320 e. The standard InChI is InChI=1S/C16H21N5O/c1-10(2)17-16(22)19-14-9-8-13(20-21-14)18-15-11(3)6-5-7-12(15)4/h5-10H,1-4H3,(H,18,20)(H2,17,19,21,22). The van der Waals surface area contributed by atoms with Gasteiger partial charge in [0.05, 0.1) is 0 Å². The molecule has 0 radical (unpaired) electrons. The van der Waals surface area contributed by atoms with E-state index in [-0.39, 0.29) is 12.1 Å². The highest BCUT2D eigenvalue weighted by Gasteiger charge is 2.06. The molecule has 1 aromatic carbocycles. The quantitative estimate of drug-likeness (QED) is 0.808. The van der Waals surface area contributed by atoms with Crippen molar-refractivity contribution >= 4 is 23.4 Å². The van der Waals surface area contributed by atoms with E-state index in [1.54, 1.807) is 12.1 Å². The Kier molecular flexibility index (Phi) is 4.93. The van der Waals surface area contributed by atoms with Gasteiger partial charge in [0.15, 0.2) is 11.6 Å². The molecular formula is C16H21N5O. The number of rotatable bonds is 4. The van der Waals surface area contributed by atoms with Crippen molar-refractivity contribution in [1.82, 2.24) is 15.5 Å². The molecule has 1 aromatic heterocycles. The molecule has 0 saturated heterocycles. The maximum absolute atomic E-state index is 11.6. The van der Waals surface area contributed by atoms with Crippen LogP contribution in [-0.4, -0.2) is 22.3 Å². The van der Waals surface area contributed by atoms with Crippen molar-refractivity contribution in [1.29, 1.82) is 0 Å². The largest absolute Gasteiger partial charge is 0.338 e. The van der Waals surface area contributed by atoms with Crippen LogP contribution in [0, 0.1) is 13.8 Å². The van der Waals surface area contributed by atoms with Gasteiger partial charge in [-0.05, 0) is 51.0 Å². The lowest BCUT2D eigenvalue weighted by atomic mass is 10.1. The Hall–Kier alpha value is -2.63. The molecule has 0 spiro atoms. The van der Waals surface area contributed by atoms with Gasteiger partial charge in [-0.15, -0.1) is 10.2 Å². The second kappa shape index (κ2) is 6.89. The molecule has 0 unspecified atom stereocenters. The fourth-order valence-corrected chi connectivity index (χ4v) is 2.02. The molecule has 0 aliphatic rings. The van der Waals surface area contributed by atoms with Crippen molar-refractivity contribution in [2.45, 2.75) is 33.7 Å². The summed E-state index contributed by atoms with van der Waals surface area (Å²) in [7, 11) is 0. The number of hydrogen-bond acceptors (Lipinski definition) is 4. The lowest BCUT2D eigenvalue weighted by molar-refractivity contribution is 0.250. The number of amides is 2. The van der Waals surface area contributed by atoms with Crippen LogP contribution < -0.4 is 16.0 Å². The third-order valence-electron chi connectivity index (χ3n) is 3.06. The lowest BCUT2D eigenvalue weighted by Gasteiger charge is -2.12. The first kappa shape index (κ1) is 15.8. The molecule has 0 fully saturated rings. The van der Waals surface area contributed by atoms with E-state index in [9.17, 15) is 4.79 Å². The Morgan fingerprint density at radius 3 is 2.14 bits per heavy atom. The van der Waals surface area contributed by atoms with E-state index in [4.69, 9.17) is 0 Å². The van der Waals surface area contributed by atoms with Gasteiger partial charge in [-0.3, -0.25) is 5.32 Å². The predicted molar refractivity (Wildman–Crippen MR) is 88.5 cm³/mol. The van der Waals surface area contributed by atoms with E-state index in [1.807, 2.05) is 45.9 Å². The van der Waals surface area contributed by atoms with Crippen LogP contribution in [0.2, 0.25) is 0 Å². The summed E-state index contributed by atoms with van der Waals surface area (Å²) in [4.78, 5) is 11.6. The first-order valence-corrected chi connectivity index (χ1v) is 7.20. The van der Waals surface area contributed by atoms with Crippen molar-refractivity contribution in [3.8, 4) is 0 Å². The third kappa shape index (κ3) is 4.18. The number of nitrogens with zero attached hydrogens (tertiary/aromatic N) is 2. The van der Waals surface area contributed by atoms with Crippen LogP contribution in [0.5, 0.6) is 0 Å². The Balaban J connectivity index is 2.05. The SMILES string of the molecule is Cc1cccc(C)c1Nc1ccc(NC(=O)NC(C)C)nn1. The number of carbonyl (C=O) groups is 1. The fourth-order valence-electron chi connectivity index (χ4n) is 2.02. The number of aromatic nitrogens is 2. The molecule has 0 aliphatic heterocycles. The fraction of sp³-hybridized carbons (Fsp3) is 0.312. The van der Waals surface area contributed by atoms with Crippen LogP contribution in [0.4, 0.5) is 22.1 Å². The third-order valence-corrected chi connectivity index (χ3v) is 3.06. The molecule has 0 saturated carbocycles. The van der Waals surface area contributed by atoms with Crippen LogP contribution in [0.15, 0.2) is 30.3 Å². The minimum Gasteiger partial charge on any atom is -0.338 e. The first-order chi connectivity index (χ1) is 10.5. The van der Waals surface area contributed by atoms with Gasteiger partial charge in [0, 0.05) is 11.7 Å².